The Labute approximate surface area is 213 Å². The van der Waals surface area contributed by atoms with Gasteiger partial charge in [0.2, 0.25) is 5.91 Å². The zero-order chi connectivity index (χ0) is 24.9. The first-order valence-electron chi connectivity index (χ1n) is 10.8. The Morgan fingerprint density at radius 2 is 1.66 bits per heavy atom. The van der Waals surface area contributed by atoms with Crippen LogP contribution in [0.4, 0.5) is 11.4 Å². The van der Waals surface area contributed by atoms with Crippen LogP contribution >= 0.6 is 23.8 Å². The van der Waals surface area contributed by atoms with Crippen molar-refractivity contribution in [3.8, 4) is 0 Å². The Bertz CT molecular complexity index is 1250. The molecule has 1 fully saturated rings. The summed E-state index contributed by atoms with van der Waals surface area (Å²) < 4.78 is 4.69. The predicted octanol–water partition coefficient (Wildman–Crippen LogP) is 4.66. The van der Waals surface area contributed by atoms with Crippen molar-refractivity contribution in [3.63, 3.8) is 0 Å². The van der Waals surface area contributed by atoms with Crippen LogP contribution in [0.3, 0.4) is 0 Å². The standard InChI is InChI=1S/C26H22ClN3O4S/c1-34-25(33)18-9-13-20(14-10-18)28-23(31)15-22-24(32)30(21-5-3-2-4-6-21)26(35)29(22)16-17-7-11-19(27)12-8-17/h2-14,22H,15-16H2,1H3,(H,28,31)/t22-/m0/s1. The van der Waals surface area contributed by atoms with E-state index in [1.54, 1.807) is 53.4 Å². The molecule has 3 aromatic rings. The average Bonchev–Trinajstić information content (AvgIpc) is 3.09. The fourth-order valence-electron chi connectivity index (χ4n) is 3.81. The zero-order valence-electron chi connectivity index (χ0n) is 18.8. The van der Waals surface area contributed by atoms with Crippen LogP contribution in [0.5, 0.6) is 0 Å². The molecule has 1 atom stereocenters. The molecule has 9 heteroatoms. The summed E-state index contributed by atoms with van der Waals surface area (Å²) in [4.78, 5) is 41.2. The lowest BCUT2D eigenvalue weighted by molar-refractivity contribution is -0.124. The number of ether oxygens (including phenoxy) is 1. The van der Waals surface area contributed by atoms with Crippen LogP contribution in [-0.2, 0) is 20.9 Å². The van der Waals surface area contributed by atoms with Crippen molar-refractivity contribution in [3.05, 3.63) is 95.0 Å². The molecule has 178 valence electrons. The molecule has 35 heavy (non-hydrogen) atoms. The summed E-state index contributed by atoms with van der Waals surface area (Å²) in [5.74, 6) is -1.09. The first kappa shape index (κ1) is 24.4. The molecule has 1 aliphatic rings. The molecule has 0 saturated carbocycles. The number of anilines is 2. The van der Waals surface area contributed by atoms with Crippen molar-refractivity contribution in [1.82, 2.24) is 4.90 Å². The average molecular weight is 508 g/mol. The molecular formula is C26H22ClN3O4S. The van der Waals surface area contributed by atoms with Crippen LogP contribution in [0.15, 0.2) is 78.9 Å². The lowest BCUT2D eigenvalue weighted by atomic mass is 10.1. The summed E-state index contributed by atoms with van der Waals surface area (Å²) in [6.45, 7) is 0.344. The number of halogens is 1. The van der Waals surface area contributed by atoms with Gasteiger partial charge in [-0.05, 0) is 66.3 Å². The van der Waals surface area contributed by atoms with Crippen molar-refractivity contribution < 1.29 is 19.1 Å². The summed E-state index contributed by atoms with van der Waals surface area (Å²) in [5, 5.41) is 3.72. The molecule has 0 aromatic heterocycles. The smallest absolute Gasteiger partial charge is 0.337 e. The number of benzene rings is 3. The van der Waals surface area contributed by atoms with Crippen LogP contribution in [0.25, 0.3) is 0 Å². The van der Waals surface area contributed by atoms with Gasteiger partial charge in [0, 0.05) is 17.3 Å². The number of carbonyl (C=O) groups is 3. The highest BCUT2D eigenvalue weighted by atomic mass is 35.5. The third-order valence-corrected chi connectivity index (χ3v) is 6.24. The fraction of sp³-hybridized carbons (Fsp3) is 0.154. The number of hydrogen-bond acceptors (Lipinski definition) is 5. The zero-order valence-corrected chi connectivity index (χ0v) is 20.4. The minimum atomic E-state index is -0.785. The molecule has 1 saturated heterocycles. The topological polar surface area (TPSA) is 78.9 Å². The summed E-state index contributed by atoms with van der Waals surface area (Å²) in [6, 6.07) is 21.9. The van der Waals surface area contributed by atoms with E-state index in [-0.39, 0.29) is 18.2 Å². The number of nitrogens with zero attached hydrogens (tertiary/aromatic N) is 2. The third kappa shape index (κ3) is 5.50. The van der Waals surface area contributed by atoms with Crippen molar-refractivity contribution in [1.29, 1.82) is 0 Å². The Morgan fingerprint density at radius 3 is 2.29 bits per heavy atom. The number of amides is 2. The Hall–Kier alpha value is -3.75. The first-order chi connectivity index (χ1) is 16.9. The highest BCUT2D eigenvalue weighted by molar-refractivity contribution is 7.80. The van der Waals surface area contributed by atoms with Crippen LogP contribution in [0.2, 0.25) is 5.02 Å². The van der Waals surface area contributed by atoms with E-state index < -0.39 is 12.0 Å². The van der Waals surface area contributed by atoms with E-state index in [9.17, 15) is 14.4 Å². The maximum absolute atomic E-state index is 13.5. The van der Waals surface area contributed by atoms with E-state index in [0.29, 0.717) is 33.6 Å². The van der Waals surface area contributed by atoms with Gasteiger partial charge >= 0.3 is 5.97 Å². The molecule has 4 rings (SSSR count). The van der Waals surface area contributed by atoms with Crippen molar-refractivity contribution >= 4 is 58.1 Å². The molecule has 7 nitrogen and oxygen atoms in total. The Morgan fingerprint density at radius 1 is 1.00 bits per heavy atom. The van der Waals surface area contributed by atoms with Crippen LogP contribution in [0.1, 0.15) is 22.3 Å². The number of carbonyl (C=O) groups excluding carboxylic acids is 3. The number of hydrogen-bond donors (Lipinski definition) is 1. The Kier molecular flexibility index (Phi) is 7.43. The fourth-order valence-corrected chi connectivity index (χ4v) is 4.32. The number of thiocarbonyl (C=S) groups is 1. The van der Waals surface area contributed by atoms with Crippen LogP contribution < -0.4 is 10.2 Å². The monoisotopic (exact) mass is 507 g/mol. The molecule has 0 radical (unpaired) electrons. The molecular weight excluding hydrogens is 486 g/mol. The van der Waals surface area contributed by atoms with Gasteiger partial charge in [-0.25, -0.2) is 4.79 Å². The van der Waals surface area contributed by atoms with Crippen molar-refractivity contribution in [2.75, 3.05) is 17.3 Å². The number of nitrogens with one attached hydrogen (secondary N) is 1. The SMILES string of the molecule is COC(=O)c1ccc(NC(=O)C[C@H]2C(=O)N(c3ccccc3)C(=S)N2Cc2ccc(Cl)cc2)cc1. The number of esters is 1. The molecule has 3 aromatic carbocycles. The van der Waals surface area contributed by atoms with Gasteiger partial charge in [0.1, 0.15) is 6.04 Å². The molecule has 0 aliphatic carbocycles. The maximum atomic E-state index is 13.5. The lowest BCUT2D eigenvalue weighted by Crippen LogP contribution is -2.37. The molecule has 0 bridgehead atoms. The van der Waals surface area contributed by atoms with E-state index in [4.69, 9.17) is 23.8 Å². The van der Waals surface area contributed by atoms with Gasteiger partial charge in [0.05, 0.1) is 24.8 Å². The van der Waals surface area contributed by atoms with Crippen molar-refractivity contribution in [2.24, 2.45) is 0 Å². The summed E-state index contributed by atoms with van der Waals surface area (Å²) in [7, 11) is 1.30. The second-order valence-electron chi connectivity index (χ2n) is 7.88. The molecule has 1 aliphatic heterocycles. The van der Waals surface area contributed by atoms with Gasteiger partial charge in [0.15, 0.2) is 5.11 Å². The second-order valence-corrected chi connectivity index (χ2v) is 8.68. The van der Waals surface area contributed by atoms with Gasteiger partial charge in [-0.15, -0.1) is 0 Å². The summed E-state index contributed by atoms with van der Waals surface area (Å²) >= 11 is 11.7. The van der Waals surface area contributed by atoms with Gasteiger partial charge in [-0.2, -0.15) is 0 Å². The minimum Gasteiger partial charge on any atom is -0.465 e. The quantitative estimate of drug-likeness (QED) is 0.370. The summed E-state index contributed by atoms with van der Waals surface area (Å²) in [6.07, 6.45) is -0.103. The second kappa shape index (κ2) is 10.7. The lowest BCUT2D eigenvalue weighted by Gasteiger charge is -2.24. The maximum Gasteiger partial charge on any atom is 0.337 e. The predicted molar refractivity (Wildman–Crippen MR) is 138 cm³/mol. The van der Waals surface area contributed by atoms with E-state index in [1.807, 2.05) is 30.3 Å². The third-order valence-electron chi connectivity index (χ3n) is 5.57. The highest BCUT2D eigenvalue weighted by Gasteiger charge is 2.44. The van der Waals surface area contributed by atoms with Gasteiger partial charge < -0.3 is 15.0 Å². The number of para-hydroxylation sites is 1. The Balaban J connectivity index is 1.55. The first-order valence-corrected chi connectivity index (χ1v) is 11.6. The van der Waals surface area contributed by atoms with Crippen LogP contribution in [-0.4, -0.2) is 40.9 Å². The van der Waals surface area contributed by atoms with Gasteiger partial charge in [0.25, 0.3) is 5.91 Å². The number of rotatable bonds is 7. The van der Waals surface area contributed by atoms with E-state index in [0.717, 1.165) is 5.56 Å². The normalized spacial score (nSPS) is 15.3. The van der Waals surface area contributed by atoms with Crippen molar-refractivity contribution in [2.45, 2.75) is 19.0 Å². The van der Waals surface area contributed by atoms with Gasteiger partial charge in [-0.1, -0.05) is 41.9 Å². The number of methoxy groups -OCH3 is 1. The van der Waals surface area contributed by atoms with Crippen LogP contribution in [0, 0.1) is 0 Å². The van der Waals surface area contributed by atoms with E-state index in [2.05, 4.69) is 10.1 Å². The largest absolute Gasteiger partial charge is 0.465 e. The molecule has 1 N–H and O–H groups in total. The molecule has 0 spiro atoms. The highest BCUT2D eigenvalue weighted by Crippen LogP contribution is 2.29. The molecule has 0 unspecified atom stereocenters. The van der Waals surface area contributed by atoms with E-state index >= 15 is 0 Å². The molecule has 1 heterocycles. The summed E-state index contributed by atoms with van der Waals surface area (Å²) in [5.41, 5.74) is 2.42. The van der Waals surface area contributed by atoms with Gasteiger partial charge in [-0.3, -0.25) is 14.5 Å². The minimum absolute atomic E-state index is 0.103. The molecule has 2 amide bonds. The van der Waals surface area contributed by atoms with E-state index in [1.165, 1.54) is 12.0 Å².